The molecule has 0 atom stereocenters. The topological polar surface area (TPSA) is 44.1 Å². The van der Waals surface area contributed by atoms with Crippen LogP contribution < -0.4 is 0 Å². The van der Waals surface area contributed by atoms with E-state index in [2.05, 4.69) is 4.98 Å². The third kappa shape index (κ3) is 1.55. The first-order valence-corrected chi connectivity index (χ1v) is 4.70. The highest BCUT2D eigenvalue weighted by Crippen LogP contribution is 2.24. The Morgan fingerprint density at radius 1 is 1.79 bits per heavy atom. The van der Waals surface area contributed by atoms with Crippen LogP contribution in [0.2, 0.25) is 0 Å². The predicted molar refractivity (Wildman–Crippen MR) is 51.5 cm³/mol. The summed E-state index contributed by atoms with van der Waals surface area (Å²) in [6, 6.07) is 0. The molecule has 0 N–H and O–H groups in total. The Kier molecular flexibility index (Phi) is 2.35. The van der Waals surface area contributed by atoms with E-state index in [0.717, 1.165) is 24.4 Å². The zero-order valence-corrected chi connectivity index (χ0v) is 8.06. The van der Waals surface area contributed by atoms with Gasteiger partial charge in [0.25, 0.3) is 0 Å². The van der Waals surface area contributed by atoms with Crippen molar-refractivity contribution in [1.29, 1.82) is 0 Å². The number of hydrogen-bond acceptors (Lipinski definition) is 3. The Bertz CT molecular complexity index is 379. The molecular formula is C10H12N2O2. The molecule has 0 aromatic carbocycles. The number of aromatic nitrogens is 2. The normalized spacial score (nSPS) is 17.1. The van der Waals surface area contributed by atoms with Crippen molar-refractivity contribution >= 4 is 11.5 Å². The van der Waals surface area contributed by atoms with E-state index in [0.29, 0.717) is 6.61 Å². The van der Waals surface area contributed by atoms with Crippen LogP contribution in [0.4, 0.5) is 0 Å². The molecule has 0 fully saturated rings. The Labute approximate surface area is 82.2 Å². The Hall–Kier alpha value is -1.58. The monoisotopic (exact) mass is 192 g/mol. The molecular weight excluding hydrogens is 180 g/mol. The Balaban J connectivity index is 2.18. The summed E-state index contributed by atoms with van der Waals surface area (Å²) in [6.07, 6.45) is 6.06. The van der Waals surface area contributed by atoms with Gasteiger partial charge in [-0.25, -0.2) is 9.78 Å². The Morgan fingerprint density at radius 2 is 2.64 bits per heavy atom. The molecule has 0 radical (unpaired) electrons. The molecule has 0 bridgehead atoms. The van der Waals surface area contributed by atoms with Gasteiger partial charge in [0, 0.05) is 30.6 Å². The van der Waals surface area contributed by atoms with Crippen molar-refractivity contribution in [2.24, 2.45) is 0 Å². The molecule has 0 saturated heterocycles. The van der Waals surface area contributed by atoms with Gasteiger partial charge in [-0.3, -0.25) is 0 Å². The van der Waals surface area contributed by atoms with Gasteiger partial charge >= 0.3 is 5.97 Å². The van der Waals surface area contributed by atoms with Gasteiger partial charge in [-0.1, -0.05) is 0 Å². The zero-order valence-electron chi connectivity index (χ0n) is 8.06. The van der Waals surface area contributed by atoms with E-state index in [4.69, 9.17) is 4.74 Å². The second-order valence-corrected chi connectivity index (χ2v) is 3.12. The van der Waals surface area contributed by atoms with Crippen LogP contribution in [0.1, 0.15) is 19.2 Å². The number of allylic oxidation sites excluding steroid dienone is 1. The van der Waals surface area contributed by atoms with Crippen molar-refractivity contribution in [3.8, 4) is 0 Å². The van der Waals surface area contributed by atoms with Crippen LogP contribution in [0.5, 0.6) is 0 Å². The molecule has 1 aromatic heterocycles. The molecule has 0 unspecified atom stereocenters. The lowest BCUT2D eigenvalue weighted by molar-refractivity contribution is -0.137. The third-order valence-electron chi connectivity index (χ3n) is 2.20. The molecule has 0 aliphatic carbocycles. The standard InChI is InChI=1S/C10H12N2O2/c1-2-14-9(13)7-8-3-5-12-6-4-11-10(8)12/h4,6-7H,2-3,5H2,1H3. The summed E-state index contributed by atoms with van der Waals surface area (Å²) in [6.45, 7) is 3.11. The van der Waals surface area contributed by atoms with Crippen LogP contribution >= 0.6 is 0 Å². The van der Waals surface area contributed by atoms with Gasteiger partial charge in [0.2, 0.25) is 0 Å². The molecule has 1 aliphatic heterocycles. The fourth-order valence-corrected chi connectivity index (χ4v) is 1.59. The van der Waals surface area contributed by atoms with Crippen LogP contribution in [0.25, 0.3) is 5.57 Å². The summed E-state index contributed by atoms with van der Waals surface area (Å²) in [5.74, 6) is 0.608. The van der Waals surface area contributed by atoms with Gasteiger partial charge in [0.1, 0.15) is 5.82 Å². The minimum atomic E-state index is -0.279. The molecule has 1 aliphatic rings. The zero-order chi connectivity index (χ0) is 9.97. The molecule has 4 heteroatoms. The number of aryl methyl sites for hydroxylation is 1. The van der Waals surface area contributed by atoms with E-state index >= 15 is 0 Å². The maximum Gasteiger partial charge on any atom is 0.331 e. The lowest BCUT2D eigenvalue weighted by atomic mass is 10.2. The first kappa shape index (κ1) is 8.99. The summed E-state index contributed by atoms with van der Waals surface area (Å²) < 4.78 is 6.88. The number of rotatable bonds is 2. The van der Waals surface area contributed by atoms with Crippen LogP contribution in [0, 0.1) is 0 Å². The summed E-state index contributed by atoms with van der Waals surface area (Å²) in [5.41, 5.74) is 0.966. The van der Waals surface area contributed by atoms with Crippen LogP contribution in [-0.2, 0) is 16.1 Å². The average molecular weight is 192 g/mol. The average Bonchev–Trinajstić information content (AvgIpc) is 2.70. The molecule has 2 rings (SSSR count). The molecule has 0 spiro atoms. The summed E-state index contributed by atoms with van der Waals surface area (Å²) in [4.78, 5) is 15.4. The Morgan fingerprint density at radius 3 is 3.43 bits per heavy atom. The number of hydrogen-bond donors (Lipinski definition) is 0. The van der Waals surface area contributed by atoms with Gasteiger partial charge in [0.15, 0.2) is 0 Å². The van der Waals surface area contributed by atoms with Gasteiger partial charge in [0.05, 0.1) is 6.61 Å². The summed E-state index contributed by atoms with van der Waals surface area (Å²) >= 11 is 0. The van der Waals surface area contributed by atoms with E-state index in [-0.39, 0.29) is 5.97 Å². The minimum Gasteiger partial charge on any atom is -0.463 e. The molecule has 0 amide bonds. The molecule has 4 nitrogen and oxygen atoms in total. The molecule has 2 heterocycles. The van der Waals surface area contributed by atoms with Crippen molar-refractivity contribution in [3.63, 3.8) is 0 Å². The fourth-order valence-electron chi connectivity index (χ4n) is 1.59. The van der Waals surface area contributed by atoms with Crippen LogP contribution in [0.3, 0.4) is 0 Å². The van der Waals surface area contributed by atoms with Crippen molar-refractivity contribution < 1.29 is 9.53 Å². The molecule has 74 valence electrons. The number of esters is 1. The van der Waals surface area contributed by atoms with E-state index < -0.39 is 0 Å². The fraction of sp³-hybridized carbons (Fsp3) is 0.400. The SMILES string of the molecule is CCOC(=O)C=C1CCn2ccnc21. The highest BCUT2D eigenvalue weighted by Gasteiger charge is 2.17. The van der Waals surface area contributed by atoms with E-state index in [1.807, 2.05) is 10.8 Å². The first-order chi connectivity index (χ1) is 6.81. The van der Waals surface area contributed by atoms with E-state index in [1.54, 1.807) is 13.1 Å². The largest absolute Gasteiger partial charge is 0.463 e. The second kappa shape index (κ2) is 3.65. The predicted octanol–water partition coefficient (Wildman–Crippen LogP) is 1.23. The first-order valence-electron chi connectivity index (χ1n) is 4.70. The number of fused-ring (bicyclic) bond motifs is 1. The third-order valence-corrected chi connectivity index (χ3v) is 2.20. The van der Waals surface area contributed by atoms with Gasteiger partial charge in [-0.05, 0) is 13.3 Å². The lowest BCUT2D eigenvalue weighted by Gasteiger charge is -1.97. The molecule has 14 heavy (non-hydrogen) atoms. The summed E-state index contributed by atoms with van der Waals surface area (Å²) in [7, 11) is 0. The van der Waals surface area contributed by atoms with Crippen molar-refractivity contribution in [2.45, 2.75) is 19.9 Å². The highest BCUT2D eigenvalue weighted by atomic mass is 16.5. The minimum absolute atomic E-state index is 0.279. The van der Waals surface area contributed by atoms with Crippen molar-refractivity contribution in [1.82, 2.24) is 9.55 Å². The highest BCUT2D eigenvalue weighted by molar-refractivity contribution is 5.90. The summed E-state index contributed by atoms with van der Waals surface area (Å²) in [5, 5.41) is 0. The smallest absolute Gasteiger partial charge is 0.331 e. The number of nitrogens with zero attached hydrogens (tertiary/aromatic N) is 2. The maximum absolute atomic E-state index is 11.2. The molecule has 0 saturated carbocycles. The van der Waals surface area contributed by atoms with E-state index in [1.165, 1.54) is 6.08 Å². The van der Waals surface area contributed by atoms with Crippen molar-refractivity contribution in [3.05, 3.63) is 24.3 Å². The molecule has 1 aromatic rings. The second-order valence-electron chi connectivity index (χ2n) is 3.12. The lowest BCUT2D eigenvalue weighted by Crippen LogP contribution is -2.00. The number of carbonyl (C=O) groups is 1. The van der Waals surface area contributed by atoms with Crippen LogP contribution in [0.15, 0.2) is 18.5 Å². The number of ether oxygens (including phenoxy) is 1. The van der Waals surface area contributed by atoms with Gasteiger partial charge < -0.3 is 9.30 Å². The maximum atomic E-state index is 11.2. The van der Waals surface area contributed by atoms with Gasteiger partial charge in [-0.15, -0.1) is 0 Å². The van der Waals surface area contributed by atoms with E-state index in [9.17, 15) is 4.79 Å². The quantitative estimate of drug-likeness (QED) is 0.523. The number of imidazole rings is 1. The number of carbonyl (C=O) groups excluding carboxylic acids is 1. The van der Waals surface area contributed by atoms with Crippen molar-refractivity contribution in [2.75, 3.05) is 6.61 Å². The van der Waals surface area contributed by atoms with Crippen LogP contribution in [-0.4, -0.2) is 22.1 Å². The van der Waals surface area contributed by atoms with Gasteiger partial charge in [-0.2, -0.15) is 0 Å².